The molecule has 1 aromatic heterocycles. The lowest BCUT2D eigenvalue weighted by molar-refractivity contribution is 0.107. The van der Waals surface area contributed by atoms with Crippen LogP contribution in [0.3, 0.4) is 0 Å². The van der Waals surface area contributed by atoms with Gasteiger partial charge in [-0.3, -0.25) is 9.08 Å². The summed E-state index contributed by atoms with van der Waals surface area (Å²) < 4.78 is 47.1. The maximum Gasteiger partial charge on any atom is 0.414 e. The van der Waals surface area contributed by atoms with Gasteiger partial charge in [-0.25, -0.2) is 20.7 Å². The highest BCUT2D eigenvalue weighted by Crippen LogP contribution is 2.37. The quantitative estimate of drug-likeness (QED) is 0.430. The van der Waals surface area contributed by atoms with E-state index in [2.05, 4.69) is 9.83 Å². The zero-order valence-electron chi connectivity index (χ0n) is 17.9. The van der Waals surface area contributed by atoms with Gasteiger partial charge >= 0.3 is 6.09 Å². The molecule has 0 N–H and O–H groups in total. The average Bonchev–Trinajstić information content (AvgIpc) is 3.43. The molecule has 1 aromatic carbocycles. The fourth-order valence-electron chi connectivity index (χ4n) is 4.14. The molecule has 0 aliphatic carbocycles. The van der Waals surface area contributed by atoms with Gasteiger partial charge in [-0.15, -0.1) is 11.3 Å². The third kappa shape index (κ3) is 5.43. The van der Waals surface area contributed by atoms with Gasteiger partial charge in [0.15, 0.2) is 5.01 Å². The second-order valence-electron chi connectivity index (χ2n) is 8.01. The average molecular weight is 495 g/mol. The molecule has 2 aromatic rings. The Bertz CT molecular complexity index is 1140. The largest absolute Gasteiger partial charge is 0.441 e. The Morgan fingerprint density at radius 1 is 1.39 bits per heavy atom. The summed E-state index contributed by atoms with van der Waals surface area (Å²) >= 11 is 1.49. The van der Waals surface area contributed by atoms with Crippen molar-refractivity contribution in [2.45, 2.75) is 25.0 Å². The molecule has 176 valence electrons. The summed E-state index contributed by atoms with van der Waals surface area (Å²) in [5.74, 6) is -0.283. The minimum absolute atomic E-state index is 0.0628. The molecule has 2 aliphatic rings. The Balaban J connectivity index is 1.38. The zero-order valence-corrected chi connectivity index (χ0v) is 19.5. The summed E-state index contributed by atoms with van der Waals surface area (Å²) in [6, 6.07) is 4.29. The molecule has 0 radical (unpaired) electrons. The lowest BCUT2D eigenvalue weighted by Gasteiger charge is -2.33. The maximum absolute atomic E-state index is 15.0. The van der Waals surface area contributed by atoms with Crippen molar-refractivity contribution in [3.8, 4) is 0 Å². The van der Waals surface area contributed by atoms with E-state index in [1.54, 1.807) is 18.3 Å². The van der Waals surface area contributed by atoms with Crippen LogP contribution in [-0.4, -0.2) is 58.1 Å². The van der Waals surface area contributed by atoms with Crippen molar-refractivity contribution in [2.75, 3.05) is 42.3 Å². The highest BCUT2D eigenvalue weighted by molar-refractivity contribution is 7.85. The highest BCUT2D eigenvalue weighted by Gasteiger charge is 2.36. The van der Waals surface area contributed by atoms with Crippen molar-refractivity contribution in [3.63, 3.8) is 0 Å². The van der Waals surface area contributed by atoms with E-state index < -0.39 is 28.1 Å². The van der Waals surface area contributed by atoms with Crippen LogP contribution in [0.4, 0.5) is 20.6 Å². The highest BCUT2D eigenvalue weighted by atomic mass is 32.2. The van der Waals surface area contributed by atoms with Crippen LogP contribution in [0.15, 0.2) is 29.8 Å². The number of carbonyl (C=O) groups is 1. The SMILES string of the molecule is [C-]#[N+]C(c1nccs1)C1CCN(c2ccc(N3C[C@H](COS(C)(=O)=O)OC3=O)cc2F)CC1. The number of hydrogen-bond donors (Lipinski definition) is 0. The molecule has 2 aliphatic heterocycles. The number of cyclic esters (lactones) is 1. The van der Waals surface area contributed by atoms with Crippen molar-refractivity contribution in [3.05, 3.63) is 52.0 Å². The first-order valence-corrected chi connectivity index (χ1v) is 13.1. The number of hydrogen-bond acceptors (Lipinski definition) is 8. The molecule has 12 heteroatoms. The lowest BCUT2D eigenvalue weighted by atomic mass is 9.89. The number of thiazole rings is 1. The molecule has 1 unspecified atom stereocenters. The van der Waals surface area contributed by atoms with Gasteiger partial charge in [0.05, 0.1) is 24.2 Å². The summed E-state index contributed by atoms with van der Waals surface area (Å²) in [5.41, 5.74) is 0.769. The van der Waals surface area contributed by atoms with Crippen LogP contribution in [0.2, 0.25) is 0 Å². The van der Waals surface area contributed by atoms with E-state index in [1.165, 1.54) is 22.3 Å². The Labute approximate surface area is 195 Å². The standard InChI is InChI=1S/C21H23FN4O5S2/c1-23-19(20-24-7-10-32-20)14-5-8-25(9-6-14)18-4-3-15(11-17(18)22)26-12-16(31-21(26)27)13-30-33(2,28)29/h3-4,7,10-11,14,16,19H,5-6,8-9,12-13H2,2H3/t16-,19?/m1/s1. The van der Waals surface area contributed by atoms with Gasteiger partial charge in [0.1, 0.15) is 18.5 Å². The number of benzene rings is 1. The van der Waals surface area contributed by atoms with Gasteiger partial charge in [0.25, 0.3) is 16.2 Å². The van der Waals surface area contributed by atoms with Gasteiger partial charge in [0, 0.05) is 30.6 Å². The molecular weight excluding hydrogens is 471 g/mol. The predicted molar refractivity (Wildman–Crippen MR) is 121 cm³/mol. The molecule has 0 bridgehead atoms. The minimum atomic E-state index is -3.65. The Hall–Kier alpha value is -2.75. The number of nitrogens with zero attached hydrogens (tertiary/aromatic N) is 4. The number of piperidine rings is 1. The molecule has 0 saturated carbocycles. The summed E-state index contributed by atoms with van der Waals surface area (Å²) in [4.78, 5) is 23.4. The summed E-state index contributed by atoms with van der Waals surface area (Å²) in [6.07, 6.45) is 2.70. The molecular formula is C21H23FN4O5S2. The topological polar surface area (TPSA) is 93.4 Å². The van der Waals surface area contributed by atoms with Crippen LogP contribution >= 0.6 is 11.3 Å². The van der Waals surface area contributed by atoms with E-state index in [1.807, 2.05) is 10.3 Å². The molecule has 3 heterocycles. The maximum atomic E-state index is 15.0. The summed E-state index contributed by atoms with van der Waals surface area (Å²) in [5, 5.41) is 2.70. The van der Waals surface area contributed by atoms with E-state index in [4.69, 9.17) is 15.5 Å². The van der Waals surface area contributed by atoms with Crippen LogP contribution < -0.4 is 9.80 Å². The van der Waals surface area contributed by atoms with Crippen molar-refractivity contribution in [2.24, 2.45) is 5.92 Å². The number of anilines is 2. The van der Waals surface area contributed by atoms with Gasteiger partial charge in [0.2, 0.25) is 0 Å². The van der Waals surface area contributed by atoms with Crippen molar-refractivity contribution in [1.29, 1.82) is 0 Å². The fraction of sp³-hybridized carbons (Fsp3) is 0.476. The van der Waals surface area contributed by atoms with Crippen LogP contribution in [0, 0.1) is 18.3 Å². The molecule has 0 spiro atoms. The number of halogens is 1. The van der Waals surface area contributed by atoms with Crippen molar-refractivity contribution in [1.82, 2.24) is 4.98 Å². The first kappa shape index (κ1) is 23.4. The van der Waals surface area contributed by atoms with Gasteiger partial charge in [-0.2, -0.15) is 8.42 Å². The summed E-state index contributed by atoms with van der Waals surface area (Å²) in [6.45, 7) is 8.57. The second kappa shape index (κ2) is 9.62. The zero-order chi connectivity index (χ0) is 23.6. The monoisotopic (exact) mass is 494 g/mol. The van der Waals surface area contributed by atoms with Crippen LogP contribution in [-0.2, 0) is 19.0 Å². The molecule has 9 nitrogen and oxygen atoms in total. The molecule has 2 saturated heterocycles. The Kier molecular flexibility index (Phi) is 6.83. The number of ether oxygens (including phenoxy) is 1. The lowest BCUT2D eigenvalue weighted by Crippen LogP contribution is -2.35. The third-order valence-corrected chi connectivity index (χ3v) is 7.17. The van der Waals surface area contributed by atoms with Crippen LogP contribution in [0.25, 0.3) is 4.85 Å². The second-order valence-corrected chi connectivity index (χ2v) is 10.6. The van der Waals surface area contributed by atoms with Gasteiger partial charge < -0.3 is 14.5 Å². The molecule has 1 amide bonds. The number of rotatable bonds is 7. The van der Waals surface area contributed by atoms with Gasteiger partial charge in [-0.1, -0.05) is 0 Å². The smallest absolute Gasteiger partial charge is 0.414 e. The van der Waals surface area contributed by atoms with Crippen LogP contribution in [0.5, 0.6) is 0 Å². The molecule has 2 fully saturated rings. The molecule has 33 heavy (non-hydrogen) atoms. The van der Waals surface area contributed by atoms with E-state index in [-0.39, 0.29) is 25.1 Å². The first-order chi connectivity index (χ1) is 15.7. The normalized spacial score (nSPS) is 20.5. The molecule has 2 atom stereocenters. The van der Waals surface area contributed by atoms with Crippen LogP contribution in [0.1, 0.15) is 23.9 Å². The van der Waals surface area contributed by atoms with Crippen molar-refractivity contribution < 1.29 is 26.5 Å². The van der Waals surface area contributed by atoms with E-state index in [9.17, 15) is 17.6 Å². The van der Waals surface area contributed by atoms with E-state index >= 15 is 0 Å². The van der Waals surface area contributed by atoms with Gasteiger partial charge in [-0.05, 0) is 31.0 Å². The first-order valence-electron chi connectivity index (χ1n) is 10.4. The number of amides is 1. The van der Waals surface area contributed by atoms with Crippen molar-refractivity contribution >= 4 is 38.9 Å². The van der Waals surface area contributed by atoms with E-state index in [0.29, 0.717) is 24.5 Å². The number of carbonyl (C=O) groups excluding carboxylic acids is 1. The molecule has 4 rings (SSSR count). The number of aromatic nitrogens is 1. The Morgan fingerprint density at radius 2 is 2.15 bits per heavy atom. The Morgan fingerprint density at radius 3 is 2.76 bits per heavy atom. The summed E-state index contributed by atoms with van der Waals surface area (Å²) in [7, 11) is -3.65. The third-order valence-electron chi connectivity index (χ3n) is 5.76. The predicted octanol–water partition coefficient (Wildman–Crippen LogP) is 3.46. The fourth-order valence-corrected chi connectivity index (χ4v) is 5.30. The van der Waals surface area contributed by atoms with E-state index in [0.717, 1.165) is 24.1 Å². The minimum Gasteiger partial charge on any atom is -0.441 e.